The van der Waals surface area contributed by atoms with Gasteiger partial charge in [-0.05, 0) is 12.1 Å². The molecule has 0 spiro atoms. The molecule has 0 aliphatic carbocycles. The van der Waals surface area contributed by atoms with Gasteiger partial charge in [-0.25, -0.2) is 0 Å². The number of halogens is 1. The Morgan fingerprint density at radius 3 is 2.56 bits per heavy atom. The van der Waals surface area contributed by atoms with E-state index in [9.17, 15) is 9.59 Å². The molecular formula is C12H12ClN3O2. The van der Waals surface area contributed by atoms with Crippen LogP contribution in [0.2, 0.25) is 5.02 Å². The van der Waals surface area contributed by atoms with E-state index in [0.29, 0.717) is 10.6 Å². The van der Waals surface area contributed by atoms with Crippen molar-refractivity contribution in [3.05, 3.63) is 34.9 Å². The molecule has 2 amide bonds. The molecule has 2 N–H and O–H groups in total. The highest BCUT2D eigenvalue weighted by Crippen LogP contribution is 2.14. The van der Waals surface area contributed by atoms with Gasteiger partial charge in [0, 0.05) is 13.1 Å². The van der Waals surface area contributed by atoms with Crippen molar-refractivity contribution in [3.63, 3.8) is 0 Å². The van der Waals surface area contributed by atoms with Crippen LogP contribution in [0.1, 0.15) is 16.8 Å². The molecule has 0 bridgehead atoms. The molecule has 0 saturated heterocycles. The van der Waals surface area contributed by atoms with Crippen molar-refractivity contribution < 1.29 is 9.59 Å². The number of amides is 2. The summed E-state index contributed by atoms with van der Waals surface area (Å²) in [6.45, 7) is 0.554. The molecule has 0 fully saturated rings. The average Bonchev–Trinajstić information content (AvgIpc) is 2.35. The lowest BCUT2D eigenvalue weighted by molar-refractivity contribution is -0.120. The number of nitrogens with zero attached hydrogens (tertiary/aromatic N) is 1. The van der Waals surface area contributed by atoms with Crippen molar-refractivity contribution in [3.8, 4) is 6.07 Å². The van der Waals surface area contributed by atoms with Crippen LogP contribution in [-0.4, -0.2) is 24.9 Å². The number of hydrogen-bond donors (Lipinski definition) is 2. The van der Waals surface area contributed by atoms with Gasteiger partial charge >= 0.3 is 0 Å². The molecule has 6 heteroatoms. The van der Waals surface area contributed by atoms with Gasteiger partial charge in [0.2, 0.25) is 5.91 Å². The third kappa shape index (κ3) is 4.44. The fraction of sp³-hybridized carbons (Fsp3) is 0.250. The zero-order chi connectivity index (χ0) is 13.4. The Balaban J connectivity index is 2.33. The summed E-state index contributed by atoms with van der Waals surface area (Å²) in [4.78, 5) is 22.6. The summed E-state index contributed by atoms with van der Waals surface area (Å²) in [6, 6.07) is 8.44. The molecule has 0 aromatic heterocycles. The molecule has 1 aromatic rings. The normalized spacial score (nSPS) is 9.33. The summed E-state index contributed by atoms with van der Waals surface area (Å²) in [5.74, 6) is -0.653. The number of benzene rings is 1. The van der Waals surface area contributed by atoms with Gasteiger partial charge in [0.25, 0.3) is 5.91 Å². The minimum Gasteiger partial charge on any atom is -0.353 e. The Kier molecular flexibility index (Phi) is 5.68. The quantitative estimate of drug-likeness (QED) is 0.782. The van der Waals surface area contributed by atoms with Crippen LogP contribution in [0, 0.1) is 11.3 Å². The Hall–Kier alpha value is -2.06. The van der Waals surface area contributed by atoms with Crippen LogP contribution in [0.4, 0.5) is 0 Å². The van der Waals surface area contributed by atoms with E-state index < -0.39 is 0 Å². The van der Waals surface area contributed by atoms with Crippen molar-refractivity contribution in [1.82, 2.24) is 10.6 Å². The van der Waals surface area contributed by atoms with Gasteiger partial charge in [-0.1, -0.05) is 23.7 Å². The number of carbonyl (C=O) groups excluding carboxylic acids is 2. The minimum absolute atomic E-state index is 0.182. The molecule has 0 saturated carbocycles. The molecule has 0 aliphatic heterocycles. The first-order chi connectivity index (χ1) is 8.65. The van der Waals surface area contributed by atoms with Crippen molar-refractivity contribution in [2.45, 2.75) is 6.42 Å². The third-order valence-electron chi connectivity index (χ3n) is 2.09. The molecule has 0 heterocycles. The van der Waals surface area contributed by atoms with E-state index in [4.69, 9.17) is 16.9 Å². The Morgan fingerprint density at radius 2 is 1.89 bits per heavy atom. The fourth-order valence-corrected chi connectivity index (χ4v) is 1.47. The summed E-state index contributed by atoms with van der Waals surface area (Å²) in [5, 5.41) is 13.8. The molecule has 0 radical (unpaired) electrons. The lowest BCUT2D eigenvalue weighted by atomic mass is 10.2. The lowest BCUT2D eigenvalue weighted by Gasteiger charge is -2.07. The number of nitriles is 1. The summed E-state index contributed by atoms with van der Waals surface area (Å²) in [7, 11) is 0. The first-order valence-electron chi connectivity index (χ1n) is 5.31. The maximum atomic E-state index is 11.7. The van der Waals surface area contributed by atoms with Crippen LogP contribution < -0.4 is 10.6 Å². The van der Waals surface area contributed by atoms with E-state index in [0.717, 1.165) is 0 Å². The van der Waals surface area contributed by atoms with Crippen LogP contribution in [0.3, 0.4) is 0 Å². The van der Waals surface area contributed by atoms with Crippen LogP contribution in [0.5, 0.6) is 0 Å². The predicted molar refractivity (Wildman–Crippen MR) is 67.0 cm³/mol. The lowest BCUT2D eigenvalue weighted by Crippen LogP contribution is -2.34. The SMILES string of the molecule is N#CCC(=O)NCCNC(=O)c1ccccc1Cl. The van der Waals surface area contributed by atoms with Gasteiger partial charge in [-0.15, -0.1) is 0 Å². The molecule has 1 aromatic carbocycles. The predicted octanol–water partition coefficient (Wildman–Crippen LogP) is 1.10. The van der Waals surface area contributed by atoms with Gasteiger partial charge in [-0.3, -0.25) is 9.59 Å². The fourth-order valence-electron chi connectivity index (χ4n) is 1.25. The maximum Gasteiger partial charge on any atom is 0.252 e. The van der Waals surface area contributed by atoms with Crippen LogP contribution in [0.25, 0.3) is 0 Å². The van der Waals surface area contributed by atoms with E-state index in [1.807, 2.05) is 0 Å². The molecule has 0 atom stereocenters. The molecule has 0 unspecified atom stereocenters. The summed E-state index contributed by atoms with van der Waals surface area (Å²) < 4.78 is 0. The summed E-state index contributed by atoms with van der Waals surface area (Å²) in [5.41, 5.74) is 0.391. The highest BCUT2D eigenvalue weighted by molar-refractivity contribution is 6.33. The number of nitrogens with one attached hydrogen (secondary N) is 2. The maximum absolute atomic E-state index is 11.7. The first-order valence-corrected chi connectivity index (χ1v) is 5.69. The van der Waals surface area contributed by atoms with Crippen molar-refractivity contribution in [1.29, 1.82) is 5.26 Å². The second-order valence-electron chi connectivity index (χ2n) is 3.42. The number of hydrogen-bond acceptors (Lipinski definition) is 3. The highest BCUT2D eigenvalue weighted by Gasteiger charge is 2.08. The molecule has 5 nitrogen and oxygen atoms in total. The van der Waals surface area contributed by atoms with E-state index in [1.165, 1.54) is 0 Å². The standard InChI is InChI=1S/C12H12ClN3O2/c13-10-4-2-1-3-9(10)12(18)16-8-7-15-11(17)5-6-14/h1-4H,5,7-8H2,(H,15,17)(H,16,18). The van der Waals surface area contributed by atoms with Gasteiger partial charge in [0.1, 0.15) is 6.42 Å². The monoisotopic (exact) mass is 265 g/mol. The topological polar surface area (TPSA) is 82.0 Å². The number of rotatable bonds is 5. The van der Waals surface area contributed by atoms with Gasteiger partial charge in [-0.2, -0.15) is 5.26 Å². The van der Waals surface area contributed by atoms with Crippen LogP contribution in [-0.2, 0) is 4.79 Å². The van der Waals surface area contributed by atoms with Gasteiger partial charge in [0.15, 0.2) is 0 Å². The van der Waals surface area contributed by atoms with Crippen molar-refractivity contribution in [2.24, 2.45) is 0 Å². The smallest absolute Gasteiger partial charge is 0.252 e. The van der Waals surface area contributed by atoms with Crippen LogP contribution in [0.15, 0.2) is 24.3 Å². The molecular weight excluding hydrogens is 254 g/mol. The minimum atomic E-state index is -0.357. The Bertz CT molecular complexity index is 482. The van der Waals surface area contributed by atoms with E-state index in [1.54, 1.807) is 30.3 Å². The van der Waals surface area contributed by atoms with E-state index in [-0.39, 0.29) is 31.3 Å². The van der Waals surface area contributed by atoms with E-state index >= 15 is 0 Å². The molecule has 0 aliphatic rings. The van der Waals surface area contributed by atoms with Crippen LogP contribution >= 0.6 is 11.6 Å². The Labute approximate surface area is 110 Å². The molecule has 18 heavy (non-hydrogen) atoms. The van der Waals surface area contributed by atoms with Gasteiger partial charge in [0.05, 0.1) is 16.7 Å². The van der Waals surface area contributed by atoms with Crippen molar-refractivity contribution in [2.75, 3.05) is 13.1 Å². The second kappa shape index (κ2) is 7.30. The van der Waals surface area contributed by atoms with E-state index in [2.05, 4.69) is 10.6 Å². The zero-order valence-electron chi connectivity index (χ0n) is 9.57. The number of carbonyl (C=O) groups is 2. The highest BCUT2D eigenvalue weighted by atomic mass is 35.5. The van der Waals surface area contributed by atoms with Crippen molar-refractivity contribution >= 4 is 23.4 Å². The third-order valence-corrected chi connectivity index (χ3v) is 2.42. The average molecular weight is 266 g/mol. The van der Waals surface area contributed by atoms with Gasteiger partial charge < -0.3 is 10.6 Å². The zero-order valence-corrected chi connectivity index (χ0v) is 10.3. The second-order valence-corrected chi connectivity index (χ2v) is 3.83. The largest absolute Gasteiger partial charge is 0.353 e. The molecule has 94 valence electrons. The summed E-state index contributed by atoms with van der Waals surface area (Å²) in [6.07, 6.45) is -0.182. The Morgan fingerprint density at radius 1 is 1.22 bits per heavy atom. The summed E-state index contributed by atoms with van der Waals surface area (Å²) >= 11 is 5.86. The first kappa shape index (κ1) is 14.0. The molecule has 1 rings (SSSR count).